The van der Waals surface area contributed by atoms with Gasteiger partial charge in [-0.2, -0.15) is 4.31 Å². The SMILES string of the molecule is O=C1CCN(S(=O)(=O)c2ccccc2)CCCN(C(=O)c2ccccn2)CCN1. The van der Waals surface area contributed by atoms with E-state index in [4.69, 9.17) is 0 Å². The summed E-state index contributed by atoms with van der Waals surface area (Å²) in [5, 5.41) is 2.75. The van der Waals surface area contributed by atoms with Gasteiger partial charge in [0.25, 0.3) is 5.91 Å². The number of pyridine rings is 1. The van der Waals surface area contributed by atoms with Gasteiger partial charge in [0.1, 0.15) is 5.69 Å². The molecule has 0 radical (unpaired) electrons. The fourth-order valence-electron chi connectivity index (χ4n) is 3.14. The van der Waals surface area contributed by atoms with Gasteiger partial charge in [0.15, 0.2) is 0 Å². The Morgan fingerprint density at radius 3 is 2.45 bits per heavy atom. The largest absolute Gasteiger partial charge is 0.354 e. The maximum atomic E-state index is 13.0. The Bertz CT molecular complexity index is 935. The van der Waals surface area contributed by atoms with Gasteiger partial charge in [-0.15, -0.1) is 0 Å². The molecule has 29 heavy (non-hydrogen) atoms. The van der Waals surface area contributed by atoms with Crippen molar-refractivity contribution in [2.24, 2.45) is 0 Å². The number of hydrogen-bond donors (Lipinski definition) is 1. The van der Waals surface area contributed by atoms with Crippen LogP contribution >= 0.6 is 0 Å². The number of aromatic nitrogens is 1. The monoisotopic (exact) mass is 416 g/mol. The summed E-state index contributed by atoms with van der Waals surface area (Å²) in [6.07, 6.45) is 2.08. The lowest BCUT2D eigenvalue weighted by Gasteiger charge is -2.24. The fourth-order valence-corrected chi connectivity index (χ4v) is 4.64. The zero-order chi connectivity index (χ0) is 20.7. The van der Waals surface area contributed by atoms with Crippen molar-refractivity contribution in [1.29, 1.82) is 0 Å². The molecule has 1 fully saturated rings. The van der Waals surface area contributed by atoms with Gasteiger partial charge in [-0.3, -0.25) is 14.6 Å². The lowest BCUT2D eigenvalue weighted by atomic mass is 10.3. The van der Waals surface area contributed by atoms with E-state index in [2.05, 4.69) is 10.3 Å². The van der Waals surface area contributed by atoms with Gasteiger partial charge in [0, 0.05) is 45.3 Å². The third kappa shape index (κ3) is 5.39. The highest BCUT2D eigenvalue weighted by Gasteiger charge is 2.26. The molecule has 0 atom stereocenters. The van der Waals surface area contributed by atoms with Crippen LogP contribution in [0.4, 0.5) is 0 Å². The standard InChI is InChI=1S/C20H24N4O4S/c25-19-10-15-24(29(27,28)17-7-2-1-3-8-17)14-6-13-23(16-12-22-19)20(26)18-9-4-5-11-21-18/h1-5,7-9,11H,6,10,12-16H2,(H,22,25). The summed E-state index contributed by atoms with van der Waals surface area (Å²) < 4.78 is 27.3. The molecule has 2 heterocycles. The van der Waals surface area contributed by atoms with E-state index in [1.54, 1.807) is 47.5 Å². The molecule has 1 aliphatic heterocycles. The van der Waals surface area contributed by atoms with Gasteiger partial charge in [-0.05, 0) is 30.7 Å². The number of carbonyl (C=O) groups is 2. The number of benzene rings is 1. The average Bonchev–Trinajstić information content (AvgIpc) is 2.79. The van der Waals surface area contributed by atoms with Gasteiger partial charge in [0.2, 0.25) is 15.9 Å². The van der Waals surface area contributed by atoms with Crippen LogP contribution in [-0.4, -0.2) is 67.1 Å². The van der Waals surface area contributed by atoms with Gasteiger partial charge in [-0.25, -0.2) is 8.42 Å². The number of nitrogens with one attached hydrogen (secondary N) is 1. The van der Waals surface area contributed by atoms with Crippen molar-refractivity contribution in [3.8, 4) is 0 Å². The Kier molecular flexibility index (Phi) is 6.95. The topological polar surface area (TPSA) is 99.7 Å². The highest BCUT2D eigenvalue weighted by atomic mass is 32.2. The summed E-state index contributed by atoms with van der Waals surface area (Å²) in [5.74, 6) is -0.484. The molecule has 1 N–H and O–H groups in total. The van der Waals surface area contributed by atoms with Crippen LogP contribution in [-0.2, 0) is 14.8 Å². The van der Waals surface area contributed by atoms with Crippen molar-refractivity contribution in [3.05, 3.63) is 60.4 Å². The molecule has 1 saturated heterocycles. The number of rotatable bonds is 3. The van der Waals surface area contributed by atoms with Crippen LogP contribution in [0.5, 0.6) is 0 Å². The molecule has 0 aliphatic carbocycles. The van der Waals surface area contributed by atoms with Crippen molar-refractivity contribution < 1.29 is 18.0 Å². The maximum absolute atomic E-state index is 13.0. The van der Waals surface area contributed by atoms with E-state index in [1.165, 1.54) is 16.4 Å². The van der Waals surface area contributed by atoms with Crippen LogP contribution < -0.4 is 5.32 Å². The first kappa shape index (κ1) is 20.9. The normalized spacial score (nSPS) is 17.2. The van der Waals surface area contributed by atoms with E-state index >= 15 is 0 Å². The lowest BCUT2D eigenvalue weighted by Crippen LogP contribution is -2.39. The Labute approximate surface area is 170 Å². The van der Waals surface area contributed by atoms with Crippen molar-refractivity contribution in [2.75, 3.05) is 32.7 Å². The molecule has 0 spiro atoms. The number of nitrogens with zero attached hydrogens (tertiary/aromatic N) is 3. The van der Waals surface area contributed by atoms with Crippen molar-refractivity contribution in [2.45, 2.75) is 17.7 Å². The van der Waals surface area contributed by atoms with Crippen molar-refractivity contribution >= 4 is 21.8 Å². The summed E-state index contributed by atoms with van der Waals surface area (Å²) in [6.45, 7) is 1.33. The predicted octanol–water partition coefficient (Wildman–Crippen LogP) is 1.12. The quantitative estimate of drug-likeness (QED) is 0.808. The molecular weight excluding hydrogens is 392 g/mol. The van der Waals surface area contributed by atoms with Crippen LogP contribution in [0.25, 0.3) is 0 Å². The van der Waals surface area contributed by atoms with Crippen LogP contribution in [0, 0.1) is 0 Å². The van der Waals surface area contributed by atoms with Gasteiger partial charge in [0.05, 0.1) is 4.90 Å². The van der Waals surface area contributed by atoms with E-state index in [-0.39, 0.29) is 36.2 Å². The fraction of sp³-hybridized carbons (Fsp3) is 0.350. The van der Waals surface area contributed by atoms with E-state index in [1.807, 2.05) is 0 Å². The zero-order valence-corrected chi connectivity index (χ0v) is 16.8. The maximum Gasteiger partial charge on any atom is 0.272 e. The van der Waals surface area contributed by atoms with Crippen LogP contribution in [0.1, 0.15) is 23.3 Å². The number of carbonyl (C=O) groups excluding carboxylic acids is 2. The first-order valence-corrected chi connectivity index (χ1v) is 10.9. The van der Waals surface area contributed by atoms with E-state index < -0.39 is 10.0 Å². The predicted molar refractivity (Wildman–Crippen MR) is 108 cm³/mol. The lowest BCUT2D eigenvalue weighted by molar-refractivity contribution is -0.121. The zero-order valence-electron chi connectivity index (χ0n) is 16.0. The molecule has 0 saturated carbocycles. The first-order chi connectivity index (χ1) is 14.0. The number of sulfonamides is 1. The molecule has 0 unspecified atom stereocenters. The average molecular weight is 417 g/mol. The highest BCUT2D eigenvalue weighted by Crippen LogP contribution is 2.16. The molecule has 154 valence electrons. The second-order valence-corrected chi connectivity index (χ2v) is 8.62. The molecule has 1 aliphatic rings. The molecule has 1 aromatic carbocycles. The molecule has 1 aromatic heterocycles. The summed E-state index contributed by atoms with van der Waals surface area (Å²) in [6, 6.07) is 13.3. The molecule has 8 nitrogen and oxygen atoms in total. The van der Waals surface area contributed by atoms with Crippen LogP contribution in [0.15, 0.2) is 59.6 Å². The Morgan fingerprint density at radius 2 is 1.72 bits per heavy atom. The number of amides is 2. The first-order valence-electron chi connectivity index (χ1n) is 9.51. The summed E-state index contributed by atoms with van der Waals surface area (Å²) in [5.41, 5.74) is 0.322. The Hall–Kier alpha value is -2.78. The van der Waals surface area contributed by atoms with Crippen LogP contribution in [0.2, 0.25) is 0 Å². The summed E-state index contributed by atoms with van der Waals surface area (Å²) >= 11 is 0. The molecule has 9 heteroatoms. The minimum atomic E-state index is -3.72. The highest BCUT2D eigenvalue weighted by molar-refractivity contribution is 7.89. The van der Waals surface area contributed by atoms with Crippen LogP contribution in [0.3, 0.4) is 0 Å². The third-order valence-corrected chi connectivity index (χ3v) is 6.59. The molecule has 3 rings (SSSR count). The van der Waals surface area contributed by atoms with Gasteiger partial charge in [-0.1, -0.05) is 24.3 Å². The minimum absolute atomic E-state index is 0.0697. The second-order valence-electron chi connectivity index (χ2n) is 6.68. The van der Waals surface area contributed by atoms with E-state index in [0.29, 0.717) is 31.7 Å². The minimum Gasteiger partial charge on any atom is -0.354 e. The summed E-state index contributed by atoms with van der Waals surface area (Å²) in [4.78, 5) is 30.8. The third-order valence-electron chi connectivity index (χ3n) is 4.68. The summed E-state index contributed by atoms with van der Waals surface area (Å²) in [7, 11) is -3.72. The van der Waals surface area contributed by atoms with Crippen molar-refractivity contribution in [3.63, 3.8) is 0 Å². The van der Waals surface area contributed by atoms with Crippen molar-refractivity contribution in [1.82, 2.24) is 19.5 Å². The second kappa shape index (κ2) is 9.62. The molecule has 0 bridgehead atoms. The van der Waals surface area contributed by atoms with Gasteiger partial charge >= 0.3 is 0 Å². The van der Waals surface area contributed by atoms with E-state index in [9.17, 15) is 18.0 Å². The molecular formula is C20H24N4O4S. The smallest absolute Gasteiger partial charge is 0.272 e. The Morgan fingerprint density at radius 1 is 0.966 bits per heavy atom. The Balaban J connectivity index is 1.77. The van der Waals surface area contributed by atoms with E-state index in [0.717, 1.165) is 0 Å². The molecule has 2 aromatic rings. The molecule has 2 amide bonds. The number of hydrogen-bond acceptors (Lipinski definition) is 5. The van der Waals surface area contributed by atoms with Gasteiger partial charge < -0.3 is 10.2 Å².